The second-order valence-electron chi connectivity index (χ2n) is 4.77. The second-order valence-corrected chi connectivity index (χ2v) is 5.67. The van der Waals surface area contributed by atoms with Crippen molar-refractivity contribution in [3.05, 3.63) is 11.4 Å². The topological polar surface area (TPSA) is 73.1 Å². The summed E-state index contributed by atoms with van der Waals surface area (Å²) < 4.78 is 5.72. The molecule has 0 aliphatic carbocycles. The Balaban J connectivity index is 1.63. The minimum absolute atomic E-state index is 0.325. The third-order valence-electron chi connectivity index (χ3n) is 3.38. The van der Waals surface area contributed by atoms with Gasteiger partial charge in [0, 0.05) is 13.2 Å². The van der Waals surface area contributed by atoms with Crippen molar-refractivity contribution in [3.63, 3.8) is 0 Å². The number of ether oxygens (including phenoxy) is 1. The fourth-order valence-corrected chi connectivity index (χ4v) is 3.16. The number of fused-ring (bicyclic) bond motifs is 1. The van der Waals surface area contributed by atoms with E-state index in [9.17, 15) is 0 Å². The zero-order valence-corrected chi connectivity index (χ0v) is 11.6. The van der Waals surface area contributed by atoms with Gasteiger partial charge in [-0.05, 0) is 37.1 Å². The van der Waals surface area contributed by atoms with Crippen molar-refractivity contribution in [1.29, 1.82) is 0 Å². The number of nitrogens with zero attached hydrogens (tertiary/aromatic N) is 2. The average molecular weight is 278 g/mol. The first-order chi connectivity index (χ1) is 9.33. The molecule has 3 rings (SSSR count). The number of hydrogen-bond acceptors (Lipinski definition) is 6. The number of nitrogen functional groups attached to an aromatic ring is 1. The molecule has 6 heteroatoms. The number of nitrogens with one attached hydrogen (secondary N) is 1. The van der Waals surface area contributed by atoms with E-state index < -0.39 is 0 Å². The molecule has 0 radical (unpaired) electrons. The molecule has 0 spiro atoms. The van der Waals surface area contributed by atoms with Crippen LogP contribution < -0.4 is 11.1 Å². The molecule has 2 aromatic rings. The van der Waals surface area contributed by atoms with Crippen molar-refractivity contribution < 1.29 is 4.74 Å². The highest BCUT2D eigenvalue weighted by atomic mass is 32.1. The summed E-state index contributed by atoms with van der Waals surface area (Å²) in [6, 6.07) is 2.03. The first-order valence-electron chi connectivity index (χ1n) is 6.69. The number of nitrogens with two attached hydrogens (primary N) is 1. The quantitative estimate of drug-likeness (QED) is 0.899. The molecule has 102 valence electrons. The lowest BCUT2D eigenvalue weighted by Crippen LogP contribution is -2.22. The Kier molecular flexibility index (Phi) is 3.79. The second kappa shape index (κ2) is 5.71. The maximum absolute atomic E-state index is 5.72. The van der Waals surface area contributed by atoms with Gasteiger partial charge in [-0.15, -0.1) is 11.3 Å². The highest BCUT2D eigenvalue weighted by Gasteiger charge is 2.14. The molecule has 1 aliphatic heterocycles. The molecule has 0 bridgehead atoms. The molecule has 1 aliphatic rings. The van der Waals surface area contributed by atoms with Gasteiger partial charge in [0.15, 0.2) is 0 Å². The lowest BCUT2D eigenvalue weighted by molar-refractivity contribution is 0.0134. The van der Waals surface area contributed by atoms with Gasteiger partial charge in [0.2, 0.25) is 5.95 Å². The molecule has 19 heavy (non-hydrogen) atoms. The van der Waals surface area contributed by atoms with Crippen LogP contribution in [0.2, 0.25) is 0 Å². The molecule has 0 aromatic carbocycles. The van der Waals surface area contributed by atoms with Gasteiger partial charge in [-0.1, -0.05) is 0 Å². The Bertz CT molecular complexity index is 551. The van der Waals surface area contributed by atoms with Gasteiger partial charge in [0.05, 0.1) is 11.5 Å². The molecule has 1 fully saturated rings. The zero-order chi connectivity index (χ0) is 13.1. The van der Waals surface area contributed by atoms with Crippen LogP contribution in [0.25, 0.3) is 10.2 Å². The van der Waals surface area contributed by atoms with Crippen molar-refractivity contribution in [3.8, 4) is 0 Å². The Hall–Kier alpha value is -1.40. The standard InChI is InChI=1S/C13H18N4OS/c14-13-16-11(10-5-8-19-12(10)17-13)15-6-4-9-3-1-2-7-18-9/h5,8-9H,1-4,6-7H2,(H3,14,15,16,17). The summed E-state index contributed by atoms with van der Waals surface area (Å²) in [5, 5.41) is 6.41. The van der Waals surface area contributed by atoms with Crippen molar-refractivity contribution in [2.45, 2.75) is 31.8 Å². The van der Waals surface area contributed by atoms with E-state index in [1.807, 2.05) is 11.4 Å². The Morgan fingerprint density at radius 2 is 2.37 bits per heavy atom. The summed E-state index contributed by atoms with van der Waals surface area (Å²) in [6.45, 7) is 1.76. The van der Waals surface area contributed by atoms with Gasteiger partial charge >= 0.3 is 0 Å². The monoisotopic (exact) mass is 278 g/mol. The highest BCUT2D eigenvalue weighted by Crippen LogP contribution is 2.25. The van der Waals surface area contributed by atoms with Crippen LogP contribution in [0.15, 0.2) is 11.4 Å². The number of thiophene rings is 1. The smallest absolute Gasteiger partial charge is 0.223 e. The fraction of sp³-hybridized carbons (Fsp3) is 0.538. The van der Waals surface area contributed by atoms with Gasteiger partial charge in [-0.3, -0.25) is 0 Å². The zero-order valence-electron chi connectivity index (χ0n) is 10.8. The SMILES string of the molecule is Nc1nc(NCCC2CCCCO2)c2ccsc2n1. The molecule has 3 N–H and O–H groups in total. The van der Waals surface area contributed by atoms with Gasteiger partial charge in [-0.25, -0.2) is 4.98 Å². The van der Waals surface area contributed by atoms with Crippen LogP contribution in [-0.4, -0.2) is 29.2 Å². The molecular formula is C13H18N4OS. The van der Waals surface area contributed by atoms with E-state index in [0.29, 0.717) is 12.1 Å². The molecule has 0 saturated carbocycles. The number of rotatable bonds is 4. The Morgan fingerprint density at radius 1 is 1.42 bits per heavy atom. The summed E-state index contributed by atoms with van der Waals surface area (Å²) in [6.07, 6.45) is 5.04. The minimum atomic E-state index is 0.325. The molecule has 2 aromatic heterocycles. The van der Waals surface area contributed by atoms with Crippen LogP contribution in [0.4, 0.5) is 11.8 Å². The first kappa shape index (κ1) is 12.6. The van der Waals surface area contributed by atoms with Crippen LogP contribution in [0.3, 0.4) is 0 Å². The van der Waals surface area contributed by atoms with E-state index in [1.54, 1.807) is 11.3 Å². The van der Waals surface area contributed by atoms with Crippen LogP contribution in [0.1, 0.15) is 25.7 Å². The number of aromatic nitrogens is 2. The maximum atomic E-state index is 5.72. The summed E-state index contributed by atoms with van der Waals surface area (Å²) in [5.74, 6) is 1.16. The van der Waals surface area contributed by atoms with E-state index in [1.165, 1.54) is 19.3 Å². The molecule has 1 atom stereocenters. The van der Waals surface area contributed by atoms with Crippen LogP contribution in [0.5, 0.6) is 0 Å². The summed E-state index contributed by atoms with van der Waals surface area (Å²) in [5.41, 5.74) is 5.72. The maximum Gasteiger partial charge on any atom is 0.223 e. The summed E-state index contributed by atoms with van der Waals surface area (Å²) in [7, 11) is 0. The summed E-state index contributed by atoms with van der Waals surface area (Å²) in [4.78, 5) is 9.43. The van der Waals surface area contributed by atoms with Crippen molar-refractivity contribution >= 4 is 33.3 Å². The van der Waals surface area contributed by atoms with Crippen molar-refractivity contribution in [1.82, 2.24) is 9.97 Å². The normalized spacial score (nSPS) is 19.7. The largest absolute Gasteiger partial charge is 0.378 e. The van der Waals surface area contributed by atoms with Crippen LogP contribution in [0, 0.1) is 0 Å². The summed E-state index contributed by atoms with van der Waals surface area (Å²) >= 11 is 1.58. The number of hydrogen-bond donors (Lipinski definition) is 2. The van der Waals surface area contributed by atoms with Crippen LogP contribution in [-0.2, 0) is 4.74 Å². The highest BCUT2D eigenvalue weighted by molar-refractivity contribution is 7.16. The van der Waals surface area contributed by atoms with E-state index in [-0.39, 0.29) is 0 Å². The van der Waals surface area contributed by atoms with Gasteiger partial charge in [0.25, 0.3) is 0 Å². The lowest BCUT2D eigenvalue weighted by Gasteiger charge is -2.22. The lowest BCUT2D eigenvalue weighted by atomic mass is 10.1. The molecule has 3 heterocycles. The number of anilines is 2. The van der Waals surface area contributed by atoms with Crippen LogP contribution >= 0.6 is 11.3 Å². The Morgan fingerprint density at radius 3 is 3.21 bits per heavy atom. The van der Waals surface area contributed by atoms with Gasteiger partial charge in [-0.2, -0.15) is 4.98 Å². The predicted molar refractivity (Wildman–Crippen MR) is 78.5 cm³/mol. The fourth-order valence-electron chi connectivity index (χ4n) is 2.39. The third kappa shape index (κ3) is 2.96. The molecule has 0 amide bonds. The van der Waals surface area contributed by atoms with E-state index in [0.717, 1.165) is 35.6 Å². The predicted octanol–water partition coefficient (Wildman–Crippen LogP) is 2.64. The average Bonchev–Trinajstić information content (AvgIpc) is 2.88. The Labute approximate surface area is 116 Å². The van der Waals surface area contributed by atoms with E-state index in [4.69, 9.17) is 10.5 Å². The third-order valence-corrected chi connectivity index (χ3v) is 4.18. The van der Waals surface area contributed by atoms with Gasteiger partial charge < -0.3 is 15.8 Å². The molecule has 1 saturated heterocycles. The first-order valence-corrected chi connectivity index (χ1v) is 7.57. The van der Waals surface area contributed by atoms with E-state index in [2.05, 4.69) is 15.3 Å². The molecule has 1 unspecified atom stereocenters. The van der Waals surface area contributed by atoms with Crippen molar-refractivity contribution in [2.24, 2.45) is 0 Å². The minimum Gasteiger partial charge on any atom is -0.378 e. The molecule has 5 nitrogen and oxygen atoms in total. The van der Waals surface area contributed by atoms with Crippen molar-refractivity contribution in [2.75, 3.05) is 24.2 Å². The van der Waals surface area contributed by atoms with E-state index >= 15 is 0 Å². The molecular weight excluding hydrogens is 260 g/mol. The van der Waals surface area contributed by atoms with Gasteiger partial charge in [0.1, 0.15) is 10.6 Å².